The predicted molar refractivity (Wildman–Crippen MR) is 43.9 cm³/mol. The molecule has 10 heavy (non-hydrogen) atoms. The zero-order chi connectivity index (χ0) is 7.56. The van der Waals surface area contributed by atoms with Crippen LogP contribution in [0.25, 0.3) is 0 Å². The smallest absolute Gasteiger partial charge is 0.0500 e. The quantitative estimate of drug-likeness (QED) is 0.564. The van der Waals surface area contributed by atoms with Gasteiger partial charge in [-0.2, -0.15) is 0 Å². The van der Waals surface area contributed by atoms with E-state index < -0.39 is 0 Å². The standard InChI is InChI=1S/C8H18N2/c1-8-4-5-10(6-8)7-9(2)3/h8H,4-7H2,1-3H3. The van der Waals surface area contributed by atoms with Gasteiger partial charge in [0, 0.05) is 6.54 Å². The van der Waals surface area contributed by atoms with Crippen molar-refractivity contribution in [3.8, 4) is 0 Å². The second-order valence-corrected chi connectivity index (χ2v) is 3.69. The third kappa shape index (κ3) is 2.27. The van der Waals surface area contributed by atoms with E-state index in [4.69, 9.17) is 0 Å². The number of nitrogens with zero attached hydrogens (tertiary/aromatic N) is 2. The highest BCUT2D eigenvalue weighted by molar-refractivity contribution is 4.70. The lowest BCUT2D eigenvalue weighted by Gasteiger charge is -2.19. The maximum absolute atomic E-state index is 2.50. The van der Waals surface area contributed by atoms with E-state index in [2.05, 4.69) is 30.8 Å². The van der Waals surface area contributed by atoms with Crippen molar-refractivity contribution in [2.24, 2.45) is 5.92 Å². The first-order valence-electron chi connectivity index (χ1n) is 4.05. The van der Waals surface area contributed by atoms with Gasteiger partial charge in [-0.15, -0.1) is 0 Å². The molecule has 0 aromatic heterocycles. The lowest BCUT2D eigenvalue weighted by atomic mass is 10.2. The monoisotopic (exact) mass is 142 g/mol. The predicted octanol–water partition coefficient (Wildman–Crippen LogP) is 0.847. The Morgan fingerprint density at radius 3 is 2.60 bits per heavy atom. The zero-order valence-electron chi connectivity index (χ0n) is 7.30. The highest BCUT2D eigenvalue weighted by atomic mass is 15.3. The minimum Gasteiger partial charge on any atom is -0.297 e. The summed E-state index contributed by atoms with van der Waals surface area (Å²) < 4.78 is 0. The Bertz CT molecular complexity index is 101. The molecule has 60 valence electrons. The van der Waals surface area contributed by atoms with Crippen LogP contribution in [0.15, 0.2) is 0 Å². The van der Waals surface area contributed by atoms with Gasteiger partial charge in [-0.05, 0) is 33.0 Å². The van der Waals surface area contributed by atoms with Crippen LogP contribution in [-0.4, -0.2) is 43.7 Å². The van der Waals surface area contributed by atoms with Crippen LogP contribution in [0.2, 0.25) is 0 Å². The summed E-state index contributed by atoms with van der Waals surface area (Å²) in [6, 6.07) is 0. The molecular weight excluding hydrogens is 124 g/mol. The van der Waals surface area contributed by atoms with E-state index >= 15 is 0 Å². The molecule has 1 unspecified atom stereocenters. The summed E-state index contributed by atoms with van der Waals surface area (Å²) in [4.78, 5) is 4.74. The van der Waals surface area contributed by atoms with Crippen molar-refractivity contribution in [2.75, 3.05) is 33.9 Å². The van der Waals surface area contributed by atoms with Crippen LogP contribution < -0.4 is 0 Å². The Balaban J connectivity index is 2.18. The maximum Gasteiger partial charge on any atom is 0.0500 e. The van der Waals surface area contributed by atoms with Crippen LogP contribution in [-0.2, 0) is 0 Å². The Morgan fingerprint density at radius 2 is 2.20 bits per heavy atom. The Hall–Kier alpha value is -0.0800. The van der Waals surface area contributed by atoms with Gasteiger partial charge in [-0.25, -0.2) is 0 Å². The van der Waals surface area contributed by atoms with Crippen molar-refractivity contribution in [3.63, 3.8) is 0 Å². The fraction of sp³-hybridized carbons (Fsp3) is 1.00. The van der Waals surface area contributed by atoms with Gasteiger partial charge in [-0.1, -0.05) is 6.92 Å². The molecule has 0 aromatic carbocycles. The summed E-state index contributed by atoms with van der Waals surface area (Å²) in [6.07, 6.45) is 1.38. The molecule has 0 spiro atoms. The maximum atomic E-state index is 2.50. The van der Waals surface area contributed by atoms with Gasteiger partial charge < -0.3 is 0 Å². The largest absolute Gasteiger partial charge is 0.297 e. The first-order chi connectivity index (χ1) is 4.68. The van der Waals surface area contributed by atoms with Gasteiger partial charge in [0.15, 0.2) is 0 Å². The van der Waals surface area contributed by atoms with E-state index in [0.717, 1.165) is 12.6 Å². The van der Waals surface area contributed by atoms with Gasteiger partial charge in [0.05, 0.1) is 6.67 Å². The van der Waals surface area contributed by atoms with Crippen LogP contribution in [0.5, 0.6) is 0 Å². The molecule has 2 nitrogen and oxygen atoms in total. The molecule has 0 saturated carbocycles. The summed E-state index contributed by atoms with van der Waals surface area (Å²) in [6.45, 7) is 6.04. The van der Waals surface area contributed by atoms with Gasteiger partial charge in [0.25, 0.3) is 0 Å². The first-order valence-corrected chi connectivity index (χ1v) is 4.05. The summed E-state index contributed by atoms with van der Waals surface area (Å²) >= 11 is 0. The molecule has 1 rings (SSSR count). The molecule has 1 aliphatic heterocycles. The number of rotatable bonds is 2. The topological polar surface area (TPSA) is 6.48 Å². The van der Waals surface area contributed by atoms with Crippen molar-refractivity contribution < 1.29 is 0 Å². The van der Waals surface area contributed by atoms with Crippen LogP contribution in [0, 0.1) is 5.92 Å². The second kappa shape index (κ2) is 3.35. The molecule has 0 N–H and O–H groups in total. The molecule has 1 atom stereocenters. The highest BCUT2D eigenvalue weighted by Crippen LogP contribution is 2.14. The van der Waals surface area contributed by atoms with E-state index in [0.29, 0.717) is 0 Å². The molecule has 0 amide bonds. The normalized spacial score (nSPS) is 28.2. The molecule has 0 aromatic rings. The van der Waals surface area contributed by atoms with Gasteiger partial charge in [-0.3, -0.25) is 9.80 Å². The van der Waals surface area contributed by atoms with Crippen molar-refractivity contribution in [3.05, 3.63) is 0 Å². The van der Waals surface area contributed by atoms with Crippen LogP contribution >= 0.6 is 0 Å². The molecule has 0 aliphatic carbocycles. The van der Waals surface area contributed by atoms with E-state index in [-0.39, 0.29) is 0 Å². The summed E-state index contributed by atoms with van der Waals surface area (Å²) in [5.74, 6) is 0.917. The van der Waals surface area contributed by atoms with E-state index in [1.165, 1.54) is 19.5 Å². The minimum atomic E-state index is 0.917. The fourth-order valence-electron chi connectivity index (χ4n) is 1.55. The third-order valence-corrected chi connectivity index (χ3v) is 1.99. The van der Waals surface area contributed by atoms with Gasteiger partial charge in [0.1, 0.15) is 0 Å². The fourth-order valence-corrected chi connectivity index (χ4v) is 1.55. The number of hydrogen-bond acceptors (Lipinski definition) is 2. The second-order valence-electron chi connectivity index (χ2n) is 3.69. The van der Waals surface area contributed by atoms with Crippen molar-refractivity contribution in [1.29, 1.82) is 0 Å². The summed E-state index contributed by atoms with van der Waals surface area (Å²) in [5, 5.41) is 0. The van der Waals surface area contributed by atoms with Crippen molar-refractivity contribution >= 4 is 0 Å². The minimum absolute atomic E-state index is 0.917. The molecule has 0 radical (unpaired) electrons. The van der Waals surface area contributed by atoms with Crippen LogP contribution in [0.1, 0.15) is 13.3 Å². The summed E-state index contributed by atoms with van der Waals surface area (Å²) in [5.41, 5.74) is 0. The molecule has 1 fully saturated rings. The van der Waals surface area contributed by atoms with Crippen molar-refractivity contribution in [2.45, 2.75) is 13.3 Å². The Morgan fingerprint density at radius 1 is 1.50 bits per heavy atom. The Kier molecular flexibility index (Phi) is 2.69. The lowest BCUT2D eigenvalue weighted by molar-refractivity contribution is 0.206. The molecular formula is C8H18N2. The van der Waals surface area contributed by atoms with Crippen molar-refractivity contribution in [1.82, 2.24) is 9.80 Å². The van der Waals surface area contributed by atoms with Crippen LogP contribution in [0.3, 0.4) is 0 Å². The molecule has 1 aliphatic rings. The van der Waals surface area contributed by atoms with Gasteiger partial charge in [0.2, 0.25) is 0 Å². The zero-order valence-corrected chi connectivity index (χ0v) is 7.30. The average Bonchev–Trinajstić information content (AvgIpc) is 2.13. The molecule has 1 heterocycles. The third-order valence-electron chi connectivity index (χ3n) is 1.99. The SMILES string of the molecule is CC1CCN(CN(C)C)C1. The molecule has 0 bridgehead atoms. The van der Waals surface area contributed by atoms with E-state index in [9.17, 15) is 0 Å². The Labute approximate surface area is 63.8 Å². The number of likely N-dealkylation sites (tertiary alicyclic amines) is 1. The van der Waals surface area contributed by atoms with E-state index in [1.807, 2.05) is 0 Å². The number of hydrogen-bond donors (Lipinski definition) is 0. The average molecular weight is 142 g/mol. The first kappa shape index (κ1) is 8.02. The summed E-state index contributed by atoms with van der Waals surface area (Å²) in [7, 11) is 4.26. The van der Waals surface area contributed by atoms with Crippen LogP contribution in [0.4, 0.5) is 0 Å². The van der Waals surface area contributed by atoms with E-state index in [1.54, 1.807) is 0 Å². The lowest BCUT2D eigenvalue weighted by Crippen LogP contribution is -2.31. The highest BCUT2D eigenvalue weighted by Gasteiger charge is 2.17. The molecule has 1 saturated heterocycles. The van der Waals surface area contributed by atoms with Gasteiger partial charge >= 0.3 is 0 Å². The molecule has 2 heteroatoms.